The summed E-state index contributed by atoms with van der Waals surface area (Å²) in [5.41, 5.74) is 1.34. The highest BCUT2D eigenvalue weighted by molar-refractivity contribution is 7.12. The summed E-state index contributed by atoms with van der Waals surface area (Å²) in [5.74, 6) is 0. The van der Waals surface area contributed by atoms with E-state index in [1.807, 2.05) is 18.3 Å². The van der Waals surface area contributed by atoms with Crippen LogP contribution < -0.4 is 0 Å². The van der Waals surface area contributed by atoms with E-state index in [2.05, 4.69) is 48.2 Å². The Kier molecular flexibility index (Phi) is 4.69. The minimum atomic E-state index is 0.134. The van der Waals surface area contributed by atoms with E-state index in [1.54, 1.807) is 11.3 Å². The molecule has 3 nitrogen and oxygen atoms in total. The zero-order valence-corrected chi connectivity index (χ0v) is 15.4. The predicted molar refractivity (Wildman–Crippen MR) is 93.8 cm³/mol. The van der Waals surface area contributed by atoms with Crippen molar-refractivity contribution in [3.05, 3.63) is 38.0 Å². The molecule has 1 unspecified atom stereocenters. The van der Waals surface area contributed by atoms with Crippen LogP contribution in [0.1, 0.15) is 47.3 Å². The fourth-order valence-electron chi connectivity index (χ4n) is 2.60. The highest BCUT2D eigenvalue weighted by atomic mass is 32.1. The third kappa shape index (κ3) is 3.77. The Hall–Kier alpha value is -0.750. The normalized spacial score (nSPS) is 20.5. The molecule has 1 atom stereocenters. The van der Waals surface area contributed by atoms with Gasteiger partial charge in [-0.05, 0) is 24.5 Å². The van der Waals surface area contributed by atoms with E-state index in [1.165, 1.54) is 9.75 Å². The van der Waals surface area contributed by atoms with Gasteiger partial charge < -0.3 is 4.74 Å². The molecule has 22 heavy (non-hydrogen) atoms. The molecule has 1 fully saturated rings. The van der Waals surface area contributed by atoms with Gasteiger partial charge in [-0.15, -0.1) is 22.7 Å². The molecular weight excluding hydrogens is 312 g/mol. The van der Waals surface area contributed by atoms with Gasteiger partial charge in [0.1, 0.15) is 11.1 Å². The Morgan fingerprint density at radius 1 is 1.36 bits per heavy atom. The van der Waals surface area contributed by atoms with Gasteiger partial charge in [-0.2, -0.15) is 0 Å². The second kappa shape index (κ2) is 6.40. The summed E-state index contributed by atoms with van der Waals surface area (Å²) in [7, 11) is 0. The number of thiazole rings is 1. The Morgan fingerprint density at radius 2 is 2.18 bits per heavy atom. The van der Waals surface area contributed by atoms with Crippen molar-refractivity contribution in [3.63, 3.8) is 0 Å². The number of aryl methyl sites for hydroxylation is 1. The molecule has 5 heteroatoms. The summed E-state index contributed by atoms with van der Waals surface area (Å²) in [6, 6.07) is 4.56. The lowest BCUT2D eigenvalue weighted by Gasteiger charge is -2.31. The van der Waals surface area contributed by atoms with E-state index in [4.69, 9.17) is 4.74 Å². The first-order valence-electron chi connectivity index (χ1n) is 7.77. The van der Waals surface area contributed by atoms with E-state index in [0.717, 1.165) is 36.9 Å². The molecule has 1 saturated heterocycles. The number of rotatable bonds is 3. The number of aromatic nitrogens is 1. The zero-order valence-electron chi connectivity index (χ0n) is 13.8. The molecule has 0 radical (unpaired) electrons. The molecule has 0 amide bonds. The van der Waals surface area contributed by atoms with Crippen molar-refractivity contribution in [3.8, 4) is 0 Å². The summed E-state index contributed by atoms with van der Waals surface area (Å²) in [4.78, 5) is 9.98. The van der Waals surface area contributed by atoms with Gasteiger partial charge in [0, 0.05) is 40.5 Å². The molecule has 2 aromatic rings. The summed E-state index contributed by atoms with van der Waals surface area (Å²) < 4.78 is 5.91. The van der Waals surface area contributed by atoms with Gasteiger partial charge in [-0.1, -0.05) is 20.8 Å². The van der Waals surface area contributed by atoms with Crippen LogP contribution in [0.15, 0.2) is 17.5 Å². The van der Waals surface area contributed by atoms with Crippen molar-refractivity contribution < 1.29 is 4.74 Å². The van der Waals surface area contributed by atoms with Crippen LogP contribution >= 0.6 is 22.7 Å². The molecule has 120 valence electrons. The third-order valence-electron chi connectivity index (χ3n) is 3.84. The van der Waals surface area contributed by atoms with E-state index in [0.29, 0.717) is 0 Å². The standard InChI is InChI=1S/C17H24N2OS2/c1-12-11-21-16(18-12)14-10-19(7-8-20-14)9-13-5-6-15(22-13)17(2,3)4/h5-6,11,14H,7-10H2,1-4H3. The molecule has 3 heterocycles. The number of hydrogen-bond donors (Lipinski definition) is 0. The predicted octanol–water partition coefficient (Wildman–Crippen LogP) is 4.38. The average molecular weight is 337 g/mol. The molecule has 0 aromatic carbocycles. The van der Waals surface area contributed by atoms with Crippen LogP contribution in [0, 0.1) is 6.92 Å². The van der Waals surface area contributed by atoms with Gasteiger partial charge in [-0.3, -0.25) is 4.90 Å². The molecule has 0 N–H and O–H groups in total. The first kappa shape index (κ1) is 16.1. The third-order valence-corrected chi connectivity index (χ3v) is 6.39. The van der Waals surface area contributed by atoms with Crippen molar-refractivity contribution in [1.29, 1.82) is 0 Å². The maximum Gasteiger partial charge on any atom is 0.123 e. The summed E-state index contributed by atoms with van der Waals surface area (Å²) in [6.07, 6.45) is 0.134. The Balaban J connectivity index is 1.64. The Morgan fingerprint density at radius 3 is 2.82 bits per heavy atom. The minimum absolute atomic E-state index is 0.134. The van der Waals surface area contributed by atoms with E-state index < -0.39 is 0 Å². The topological polar surface area (TPSA) is 25.4 Å². The van der Waals surface area contributed by atoms with Crippen molar-refractivity contribution in [1.82, 2.24) is 9.88 Å². The second-order valence-electron chi connectivity index (χ2n) is 6.94. The fraction of sp³-hybridized carbons (Fsp3) is 0.588. The van der Waals surface area contributed by atoms with Crippen LogP contribution in [0.2, 0.25) is 0 Å². The quantitative estimate of drug-likeness (QED) is 0.831. The van der Waals surface area contributed by atoms with Crippen LogP contribution in [0.4, 0.5) is 0 Å². The average Bonchev–Trinajstić information content (AvgIpc) is 3.08. The molecular formula is C17H24N2OS2. The molecule has 2 aromatic heterocycles. The van der Waals surface area contributed by atoms with Crippen LogP contribution in [-0.4, -0.2) is 29.6 Å². The number of hydrogen-bond acceptors (Lipinski definition) is 5. The van der Waals surface area contributed by atoms with Gasteiger partial charge >= 0.3 is 0 Å². The lowest BCUT2D eigenvalue weighted by molar-refractivity contribution is -0.0327. The smallest absolute Gasteiger partial charge is 0.123 e. The molecule has 0 spiro atoms. The molecule has 1 aliphatic heterocycles. The fourth-order valence-corrected chi connectivity index (χ4v) is 4.54. The number of ether oxygens (including phenoxy) is 1. The molecule has 0 bridgehead atoms. The maximum atomic E-state index is 5.91. The molecule has 3 rings (SSSR count). The molecule has 0 saturated carbocycles. The van der Waals surface area contributed by atoms with Crippen LogP contribution in [0.3, 0.4) is 0 Å². The first-order valence-corrected chi connectivity index (χ1v) is 9.46. The van der Waals surface area contributed by atoms with Crippen LogP contribution in [0.25, 0.3) is 0 Å². The monoisotopic (exact) mass is 336 g/mol. The number of morpholine rings is 1. The van der Waals surface area contributed by atoms with Crippen molar-refractivity contribution in [2.24, 2.45) is 0 Å². The zero-order chi connectivity index (χ0) is 15.7. The van der Waals surface area contributed by atoms with E-state index in [-0.39, 0.29) is 11.5 Å². The van der Waals surface area contributed by atoms with Crippen LogP contribution in [0.5, 0.6) is 0 Å². The Bertz CT molecular complexity index is 627. The highest BCUT2D eigenvalue weighted by Crippen LogP contribution is 2.31. The summed E-state index contributed by atoms with van der Waals surface area (Å²) in [6.45, 7) is 12.6. The first-order chi connectivity index (χ1) is 10.4. The minimum Gasteiger partial charge on any atom is -0.368 e. The maximum absolute atomic E-state index is 5.91. The van der Waals surface area contributed by atoms with Crippen molar-refractivity contribution >= 4 is 22.7 Å². The van der Waals surface area contributed by atoms with Gasteiger partial charge in [-0.25, -0.2) is 4.98 Å². The largest absolute Gasteiger partial charge is 0.368 e. The van der Waals surface area contributed by atoms with E-state index in [9.17, 15) is 0 Å². The molecule has 0 aliphatic carbocycles. The second-order valence-corrected chi connectivity index (χ2v) is 9.00. The highest BCUT2D eigenvalue weighted by Gasteiger charge is 2.25. The lowest BCUT2D eigenvalue weighted by atomic mass is 9.95. The molecule has 1 aliphatic rings. The van der Waals surface area contributed by atoms with Gasteiger partial charge in [0.05, 0.1) is 6.61 Å². The summed E-state index contributed by atoms with van der Waals surface area (Å²) >= 11 is 3.65. The SMILES string of the molecule is Cc1csc(C2CN(Cc3ccc(C(C)(C)C)s3)CCO2)n1. The lowest BCUT2D eigenvalue weighted by Crippen LogP contribution is -2.37. The van der Waals surface area contributed by atoms with Crippen LogP contribution in [-0.2, 0) is 16.7 Å². The number of thiophene rings is 1. The van der Waals surface area contributed by atoms with E-state index >= 15 is 0 Å². The van der Waals surface area contributed by atoms with Crippen molar-refractivity contribution in [2.45, 2.75) is 45.8 Å². The van der Waals surface area contributed by atoms with Crippen molar-refractivity contribution in [2.75, 3.05) is 19.7 Å². The summed E-state index contributed by atoms with van der Waals surface area (Å²) in [5, 5.41) is 3.22. The Labute approximate surface area is 141 Å². The van der Waals surface area contributed by atoms with Gasteiger partial charge in [0.25, 0.3) is 0 Å². The van der Waals surface area contributed by atoms with Gasteiger partial charge in [0.2, 0.25) is 0 Å². The van der Waals surface area contributed by atoms with Gasteiger partial charge in [0.15, 0.2) is 0 Å². The number of nitrogens with zero attached hydrogens (tertiary/aromatic N) is 2.